The van der Waals surface area contributed by atoms with Crippen LogP contribution in [0.2, 0.25) is 0 Å². The number of aliphatic hydroxyl groups excluding tert-OH is 2. The molecule has 72 heavy (non-hydrogen) atoms. The Morgan fingerprint density at radius 1 is 0.347 bits per heavy atom. The third kappa shape index (κ3) is 58.2. The Morgan fingerprint density at radius 2 is 0.625 bits per heavy atom. The van der Waals surface area contributed by atoms with Crippen molar-refractivity contribution in [2.75, 3.05) is 6.61 Å². The van der Waals surface area contributed by atoms with Gasteiger partial charge in [-0.3, -0.25) is 4.79 Å². The molecule has 0 rings (SSSR count). The molecule has 0 aromatic rings. The number of aliphatic hydroxyl groups is 2. The standard InChI is InChI=1S/C68H121NO3/c1-3-5-7-9-11-13-15-17-19-21-23-25-27-29-31-33-34-36-37-39-41-43-45-47-49-51-53-55-57-59-61-63-67(71)66(65-70)69-68(72)64-62-60-58-56-54-52-50-48-46-44-42-40-38-35-32-30-28-26-24-22-20-18-16-14-12-10-8-6-4-2/h6,8,12,14,18,20,24,26,30,32,45,47,53,55,61,63,66-67,70-71H,3-5,7,9-11,13,15-17,19,21-23,25,27-29,31,33-44,46,48-52,54,56-60,62,64-65H2,1-2H3,(H,69,72)/b8-6-,14-12-,20-18-,26-24-,32-30-,47-45+,55-53+,63-61+. The molecule has 1 amide bonds. The summed E-state index contributed by atoms with van der Waals surface area (Å²) in [5.41, 5.74) is 0. The molecule has 2 unspecified atom stereocenters. The SMILES string of the molecule is CC/C=C\C/C=C\C/C=C\C/C=C\C/C=C\CCCCCCCCCCCCCCCC(=O)NC(CO)C(O)/C=C/CC/C=C/CC/C=C/CCCCCCCCCCCCCCCCCCCCCCC. The van der Waals surface area contributed by atoms with Crippen molar-refractivity contribution < 1.29 is 15.0 Å². The average Bonchev–Trinajstić information content (AvgIpc) is 3.39. The molecule has 0 spiro atoms. The Labute approximate surface area is 449 Å². The third-order valence-electron chi connectivity index (χ3n) is 14.0. The highest BCUT2D eigenvalue weighted by molar-refractivity contribution is 5.76. The number of hydrogen-bond donors (Lipinski definition) is 3. The summed E-state index contributed by atoms with van der Waals surface area (Å²) in [6, 6.07) is -0.654. The summed E-state index contributed by atoms with van der Waals surface area (Å²) < 4.78 is 0. The molecular weight excluding hydrogens is 879 g/mol. The summed E-state index contributed by atoms with van der Waals surface area (Å²) in [7, 11) is 0. The zero-order chi connectivity index (χ0) is 52.0. The molecular formula is C68H121NO3. The van der Waals surface area contributed by atoms with E-state index in [1.54, 1.807) is 6.08 Å². The van der Waals surface area contributed by atoms with Gasteiger partial charge >= 0.3 is 0 Å². The highest BCUT2D eigenvalue weighted by Gasteiger charge is 2.18. The summed E-state index contributed by atoms with van der Waals surface area (Å²) >= 11 is 0. The van der Waals surface area contributed by atoms with E-state index in [9.17, 15) is 15.0 Å². The van der Waals surface area contributed by atoms with E-state index >= 15 is 0 Å². The number of allylic oxidation sites excluding steroid dienone is 15. The smallest absolute Gasteiger partial charge is 0.220 e. The predicted molar refractivity (Wildman–Crippen MR) is 322 cm³/mol. The molecule has 0 aliphatic carbocycles. The van der Waals surface area contributed by atoms with Crippen molar-refractivity contribution in [3.8, 4) is 0 Å². The van der Waals surface area contributed by atoms with Crippen LogP contribution in [0.5, 0.6) is 0 Å². The number of carbonyl (C=O) groups excluding carboxylic acids is 1. The van der Waals surface area contributed by atoms with Crippen molar-refractivity contribution >= 4 is 5.91 Å². The van der Waals surface area contributed by atoms with E-state index in [1.165, 1.54) is 218 Å². The second kappa shape index (κ2) is 62.6. The Morgan fingerprint density at radius 3 is 0.972 bits per heavy atom. The third-order valence-corrected chi connectivity index (χ3v) is 14.0. The second-order valence-corrected chi connectivity index (χ2v) is 21.1. The van der Waals surface area contributed by atoms with Gasteiger partial charge in [-0.25, -0.2) is 0 Å². The van der Waals surface area contributed by atoms with Crippen LogP contribution in [-0.2, 0) is 4.79 Å². The zero-order valence-corrected chi connectivity index (χ0v) is 47.9. The summed E-state index contributed by atoms with van der Waals surface area (Å²) in [4.78, 5) is 12.5. The summed E-state index contributed by atoms with van der Waals surface area (Å²) in [6.07, 6.45) is 93.2. The normalized spacial score (nSPS) is 13.4. The van der Waals surface area contributed by atoms with Gasteiger partial charge in [-0.15, -0.1) is 0 Å². The first-order valence-corrected chi connectivity index (χ1v) is 31.5. The molecule has 3 N–H and O–H groups in total. The highest BCUT2D eigenvalue weighted by atomic mass is 16.3. The molecule has 0 heterocycles. The van der Waals surface area contributed by atoms with E-state index < -0.39 is 12.1 Å². The number of amides is 1. The number of hydrogen-bond acceptors (Lipinski definition) is 3. The first-order chi connectivity index (χ1) is 35.7. The van der Waals surface area contributed by atoms with Gasteiger partial charge in [0.05, 0.1) is 18.8 Å². The van der Waals surface area contributed by atoms with Gasteiger partial charge in [0.25, 0.3) is 0 Å². The van der Waals surface area contributed by atoms with Gasteiger partial charge in [0, 0.05) is 6.42 Å². The average molecular weight is 1000 g/mol. The van der Waals surface area contributed by atoms with E-state index in [1.807, 2.05) is 6.08 Å². The molecule has 4 heteroatoms. The minimum absolute atomic E-state index is 0.0800. The van der Waals surface area contributed by atoms with Crippen LogP contribution < -0.4 is 5.32 Å². The Balaban J connectivity index is 3.55. The first kappa shape index (κ1) is 69.3. The lowest BCUT2D eigenvalue weighted by molar-refractivity contribution is -0.123. The van der Waals surface area contributed by atoms with Crippen LogP contribution >= 0.6 is 0 Å². The molecule has 0 saturated carbocycles. The molecule has 0 bridgehead atoms. The number of unbranched alkanes of at least 4 members (excludes halogenated alkanes) is 36. The van der Waals surface area contributed by atoms with E-state index in [2.05, 4.69) is 104 Å². The van der Waals surface area contributed by atoms with Gasteiger partial charge in [-0.05, 0) is 89.9 Å². The molecule has 0 aromatic heterocycles. The van der Waals surface area contributed by atoms with Crippen LogP contribution in [0.15, 0.2) is 97.2 Å². The maximum absolute atomic E-state index is 12.5. The topological polar surface area (TPSA) is 69.6 Å². The number of nitrogens with one attached hydrogen (secondary N) is 1. The van der Waals surface area contributed by atoms with Crippen molar-refractivity contribution in [2.45, 2.75) is 321 Å². The molecule has 4 nitrogen and oxygen atoms in total. The molecule has 0 aromatic carbocycles. The van der Waals surface area contributed by atoms with E-state index in [4.69, 9.17) is 0 Å². The Bertz CT molecular complexity index is 1320. The van der Waals surface area contributed by atoms with Crippen LogP contribution in [-0.4, -0.2) is 34.9 Å². The van der Waals surface area contributed by atoms with Crippen molar-refractivity contribution in [2.24, 2.45) is 0 Å². The lowest BCUT2D eigenvalue weighted by Crippen LogP contribution is -2.45. The molecule has 0 aliphatic heterocycles. The fourth-order valence-corrected chi connectivity index (χ4v) is 9.30. The zero-order valence-electron chi connectivity index (χ0n) is 47.9. The molecule has 2 atom stereocenters. The highest BCUT2D eigenvalue weighted by Crippen LogP contribution is 2.17. The first-order valence-electron chi connectivity index (χ1n) is 31.5. The van der Waals surface area contributed by atoms with Crippen LogP contribution in [0.4, 0.5) is 0 Å². The number of rotatable bonds is 57. The van der Waals surface area contributed by atoms with Gasteiger partial charge < -0.3 is 15.5 Å². The number of carbonyl (C=O) groups is 1. The quantitative estimate of drug-likeness (QED) is 0.0420. The minimum Gasteiger partial charge on any atom is -0.394 e. The van der Waals surface area contributed by atoms with Crippen molar-refractivity contribution in [1.29, 1.82) is 0 Å². The van der Waals surface area contributed by atoms with E-state index in [-0.39, 0.29) is 12.5 Å². The molecule has 416 valence electrons. The van der Waals surface area contributed by atoms with Crippen molar-refractivity contribution in [1.82, 2.24) is 5.32 Å². The molecule has 0 aliphatic rings. The largest absolute Gasteiger partial charge is 0.394 e. The Hall–Kier alpha value is -2.69. The van der Waals surface area contributed by atoms with Gasteiger partial charge in [0.2, 0.25) is 5.91 Å². The fourth-order valence-electron chi connectivity index (χ4n) is 9.30. The van der Waals surface area contributed by atoms with E-state index in [0.29, 0.717) is 6.42 Å². The Kier molecular flexibility index (Phi) is 60.3. The van der Waals surface area contributed by atoms with E-state index in [0.717, 1.165) is 70.6 Å². The van der Waals surface area contributed by atoms with Gasteiger partial charge in [0.1, 0.15) is 0 Å². The maximum atomic E-state index is 12.5. The monoisotopic (exact) mass is 1000 g/mol. The minimum atomic E-state index is -0.878. The summed E-state index contributed by atoms with van der Waals surface area (Å²) in [6.45, 7) is 4.20. The van der Waals surface area contributed by atoms with Crippen LogP contribution in [0, 0.1) is 0 Å². The van der Waals surface area contributed by atoms with Gasteiger partial charge in [-0.2, -0.15) is 0 Å². The van der Waals surface area contributed by atoms with Gasteiger partial charge in [0.15, 0.2) is 0 Å². The molecule has 0 radical (unpaired) electrons. The van der Waals surface area contributed by atoms with Crippen molar-refractivity contribution in [3.63, 3.8) is 0 Å². The summed E-state index contributed by atoms with van der Waals surface area (Å²) in [5, 5.41) is 23.2. The lowest BCUT2D eigenvalue weighted by atomic mass is 10.0. The lowest BCUT2D eigenvalue weighted by Gasteiger charge is -2.19. The fraction of sp³-hybridized carbons (Fsp3) is 0.750. The second-order valence-electron chi connectivity index (χ2n) is 21.1. The predicted octanol–water partition coefficient (Wildman–Crippen LogP) is 21.3. The molecule has 0 fully saturated rings. The van der Waals surface area contributed by atoms with Gasteiger partial charge in [-0.1, -0.05) is 310 Å². The maximum Gasteiger partial charge on any atom is 0.220 e. The van der Waals surface area contributed by atoms with Crippen LogP contribution in [0.1, 0.15) is 309 Å². The van der Waals surface area contributed by atoms with Crippen LogP contribution in [0.25, 0.3) is 0 Å². The molecule has 0 saturated heterocycles. The van der Waals surface area contributed by atoms with Crippen LogP contribution in [0.3, 0.4) is 0 Å². The van der Waals surface area contributed by atoms with Crippen molar-refractivity contribution in [3.05, 3.63) is 97.2 Å². The summed E-state index contributed by atoms with van der Waals surface area (Å²) in [5.74, 6) is -0.0800.